The molecule has 2 N–H and O–H groups in total. The van der Waals surface area contributed by atoms with Crippen molar-refractivity contribution in [2.45, 2.75) is 6.54 Å². The summed E-state index contributed by atoms with van der Waals surface area (Å²) < 4.78 is 0. The Hall–Kier alpha value is -0.970. The first-order valence-electron chi connectivity index (χ1n) is 6.86. The number of amides is 1. The highest BCUT2D eigenvalue weighted by molar-refractivity contribution is 6.50. The van der Waals surface area contributed by atoms with Crippen LogP contribution >= 0.6 is 46.4 Å². The number of nitrogens with one attached hydrogen (secondary N) is 2. The molecule has 0 aliphatic carbocycles. The van der Waals surface area contributed by atoms with Crippen molar-refractivity contribution in [2.24, 2.45) is 0 Å². The van der Waals surface area contributed by atoms with Gasteiger partial charge >= 0.3 is 0 Å². The Morgan fingerprint density at radius 3 is 2.17 bits per heavy atom. The average molecular weight is 393 g/mol. The molecule has 0 aliphatic heterocycles. The molecule has 0 saturated heterocycles. The summed E-state index contributed by atoms with van der Waals surface area (Å²) in [5.41, 5.74) is 1.39. The fourth-order valence-electron chi connectivity index (χ4n) is 2.15. The van der Waals surface area contributed by atoms with Gasteiger partial charge in [-0.05, 0) is 6.07 Å². The van der Waals surface area contributed by atoms with E-state index in [2.05, 4.69) is 5.32 Å². The van der Waals surface area contributed by atoms with Crippen molar-refractivity contribution < 1.29 is 9.69 Å². The van der Waals surface area contributed by atoms with Gasteiger partial charge in [0.1, 0.15) is 6.54 Å². The van der Waals surface area contributed by atoms with Gasteiger partial charge in [0.05, 0.1) is 32.8 Å². The first-order chi connectivity index (χ1) is 10.9. The smallest absolute Gasteiger partial charge is 0.279 e. The molecule has 2 rings (SSSR count). The van der Waals surface area contributed by atoms with E-state index in [9.17, 15) is 4.79 Å². The zero-order valence-corrected chi connectivity index (χ0v) is 15.3. The van der Waals surface area contributed by atoms with E-state index in [0.29, 0.717) is 0 Å². The average Bonchev–Trinajstić information content (AvgIpc) is 2.50. The number of carbonyl (C=O) groups excluding carboxylic acids is 1. The van der Waals surface area contributed by atoms with E-state index < -0.39 is 0 Å². The van der Waals surface area contributed by atoms with Crippen LogP contribution in [0.3, 0.4) is 0 Å². The molecule has 122 valence electrons. The topological polar surface area (TPSA) is 33.5 Å². The number of likely N-dealkylation sites (N-methyl/N-ethyl adjacent to an activating group) is 1. The van der Waals surface area contributed by atoms with Gasteiger partial charge in [0, 0.05) is 5.56 Å². The van der Waals surface area contributed by atoms with Crippen LogP contribution in [0.1, 0.15) is 5.56 Å². The Bertz CT molecular complexity index is 681. The Labute approximate surface area is 155 Å². The molecule has 0 radical (unpaired) electrons. The highest BCUT2D eigenvalue weighted by atomic mass is 35.5. The SMILES string of the molecule is C[NH+](CC(=O)Nc1c(Cl)c(Cl)cc(Cl)c1Cl)Cc1ccccc1. The van der Waals surface area contributed by atoms with Crippen LogP contribution < -0.4 is 10.2 Å². The van der Waals surface area contributed by atoms with Crippen LogP contribution in [0.2, 0.25) is 20.1 Å². The Balaban J connectivity index is 2.03. The van der Waals surface area contributed by atoms with Gasteiger partial charge in [-0.2, -0.15) is 0 Å². The maximum Gasteiger partial charge on any atom is 0.279 e. The fraction of sp³-hybridized carbons (Fsp3) is 0.188. The zero-order chi connectivity index (χ0) is 17.0. The predicted molar refractivity (Wildman–Crippen MR) is 97.0 cm³/mol. The zero-order valence-electron chi connectivity index (χ0n) is 12.3. The van der Waals surface area contributed by atoms with Gasteiger partial charge in [-0.1, -0.05) is 76.7 Å². The Kier molecular flexibility index (Phi) is 6.57. The third-order valence-corrected chi connectivity index (χ3v) is 4.76. The minimum Gasteiger partial charge on any atom is -0.326 e. The Morgan fingerprint density at radius 2 is 1.61 bits per heavy atom. The van der Waals surface area contributed by atoms with Crippen molar-refractivity contribution in [3.8, 4) is 0 Å². The molecule has 0 bridgehead atoms. The Morgan fingerprint density at radius 1 is 1.04 bits per heavy atom. The molecule has 1 unspecified atom stereocenters. The second-order valence-electron chi connectivity index (χ2n) is 5.19. The number of carbonyl (C=O) groups is 1. The number of quaternary nitrogens is 1. The number of hydrogen-bond acceptors (Lipinski definition) is 1. The van der Waals surface area contributed by atoms with Gasteiger partial charge in [0.25, 0.3) is 5.91 Å². The molecular formula is C16H15Cl4N2O+. The molecule has 0 fully saturated rings. The van der Waals surface area contributed by atoms with E-state index in [1.807, 2.05) is 37.4 Å². The quantitative estimate of drug-likeness (QED) is 0.742. The standard InChI is InChI=1S/C16H14Cl4N2O/c1-22(8-10-5-3-2-4-6-10)9-13(23)21-16-14(19)11(17)7-12(18)15(16)20/h2-7H,8-9H2,1H3,(H,21,23)/p+1. The lowest BCUT2D eigenvalue weighted by molar-refractivity contribution is -0.885. The van der Waals surface area contributed by atoms with Crippen molar-refractivity contribution in [3.63, 3.8) is 0 Å². The van der Waals surface area contributed by atoms with E-state index in [1.165, 1.54) is 6.07 Å². The number of rotatable bonds is 5. The first-order valence-corrected chi connectivity index (χ1v) is 8.37. The van der Waals surface area contributed by atoms with Gasteiger partial charge in [-0.15, -0.1) is 0 Å². The molecule has 0 heterocycles. The van der Waals surface area contributed by atoms with Crippen molar-refractivity contribution >= 4 is 58.0 Å². The van der Waals surface area contributed by atoms with Crippen LogP contribution in [0, 0.1) is 0 Å². The summed E-state index contributed by atoms with van der Waals surface area (Å²) in [6, 6.07) is 11.4. The molecule has 0 spiro atoms. The van der Waals surface area contributed by atoms with E-state index in [-0.39, 0.29) is 38.2 Å². The van der Waals surface area contributed by atoms with E-state index in [0.717, 1.165) is 17.0 Å². The van der Waals surface area contributed by atoms with Crippen molar-refractivity contribution in [2.75, 3.05) is 18.9 Å². The number of benzene rings is 2. The lowest BCUT2D eigenvalue weighted by Gasteiger charge is -2.15. The van der Waals surface area contributed by atoms with E-state index in [1.54, 1.807) is 0 Å². The van der Waals surface area contributed by atoms with Gasteiger partial charge < -0.3 is 10.2 Å². The second kappa shape index (κ2) is 8.22. The molecule has 1 amide bonds. The van der Waals surface area contributed by atoms with Crippen molar-refractivity contribution in [1.29, 1.82) is 0 Å². The summed E-state index contributed by atoms with van der Waals surface area (Å²) in [7, 11) is 1.93. The molecule has 1 atom stereocenters. The predicted octanol–water partition coefficient (Wildman–Crippen LogP) is 3.95. The summed E-state index contributed by atoms with van der Waals surface area (Å²) in [5.74, 6) is -0.222. The molecule has 0 aromatic heterocycles. The van der Waals surface area contributed by atoms with E-state index in [4.69, 9.17) is 46.4 Å². The lowest BCUT2D eigenvalue weighted by atomic mass is 10.2. The molecule has 7 heteroatoms. The van der Waals surface area contributed by atoms with Crippen LogP contribution in [-0.2, 0) is 11.3 Å². The maximum atomic E-state index is 12.2. The normalized spacial score (nSPS) is 12.0. The van der Waals surface area contributed by atoms with Gasteiger partial charge in [-0.3, -0.25) is 4.79 Å². The maximum absolute atomic E-state index is 12.2. The van der Waals surface area contributed by atoms with Crippen LogP contribution in [0.15, 0.2) is 36.4 Å². The minimum atomic E-state index is -0.222. The molecule has 23 heavy (non-hydrogen) atoms. The number of anilines is 1. The van der Waals surface area contributed by atoms with Crippen LogP contribution in [0.5, 0.6) is 0 Å². The lowest BCUT2D eigenvalue weighted by Crippen LogP contribution is -3.08. The number of halogens is 4. The molecule has 3 nitrogen and oxygen atoms in total. The van der Waals surface area contributed by atoms with E-state index >= 15 is 0 Å². The molecule has 0 saturated carbocycles. The summed E-state index contributed by atoms with van der Waals surface area (Å²) >= 11 is 24.1. The fourth-order valence-corrected chi connectivity index (χ4v) is 3.05. The minimum absolute atomic E-state index is 0.176. The van der Waals surface area contributed by atoms with Crippen molar-refractivity contribution in [1.82, 2.24) is 0 Å². The summed E-state index contributed by atoms with van der Waals surface area (Å²) in [6.45, 7) is 0.984. The molecule has 2 aromatic carbocycles. The second-order valence-corrected chi connectivity index (χ2v) is 6.76. The van der Waals surface area contributed by atoms with Crippen LogP contribution in [0.4, 0.5) is 5.69 Å². The summed E-state index contributed by atoms with van der Waals surface area (Å²) in [5, 5.41) is 3.51. The largest absolute Gasteiger partial charge is 0.326 e. The highest BCUT2D eigenvalue weighted by Crippen LogP contribution is 2.40. The van der Waals surface area contributed by atoms with Gasteiger partial charge in [-0.25, -0.2) is 0 Å². The summed E-state index contributed by atoms with van der Waals surface area (Å²) in [4.78, 5) is 13.2. The summed E-state index contributed by atoms with van der Waals surface area (Å²) in [6.07, 6.45) is 0. The van der Waals surface area contributed by atoms with Gasteiger partial charge in [0.2, 0.25) is 0 Å². The highest BCUT2D eigenvalue weighted by Gasteiger charge is 2.18. The third kappa shape index (κ3) is 5.00. The monoisotopic (exact) mass is 391 g/mol. The molecule has 0 aliphatic rings. The van der Waals surface area contributed by atoms with Crippen molar-refractivity contribution in [3.05, 3.63) is 62.1 Å². The first kappa shape index (κ1) is 18.4. The van der Waals surface area contributed by atoms with Crippen LogP contribution in [0.25, 0.3) is 0 Å². The van der Waals surface area contributed by atoms with Crippen LogP contribution in [-0.4, -0.2) is 19.5 Å². The molecule has 2 aromatic rings. The third-order valence-electron chi connectivity index (χ3n) is 3.19. The molecular weight excluding hydrogens is 378 g/mol. The number of hydrogen-bond donors (Lipinski definition) is 2. The van der Waals surface area contributed by atoms with Gasteiger partial charge in [0.15, 0.2) is 6.54 Å².